The van der Waals surface area contributed by atoms with E-state index in [1.165, 1.54) is 4.88 Å². The summed E-state index contributed by atoms with van der Waals surface area (Å²) in [5.41, 5.74) is -0.0665. The van der Waals surface area contributed by atoms with Crippen LogP contribution in [0.5, 0.6) is 0 Å². The lowest BCUT2D eigenvalue weighted by Gasteiger charge is -2.30. The van der Waals surface area contributed by atoms with E-state index in [1.54, 1.807) is 7.11 Å². The van der Waals surface area contributed by atoms with Gasteiger partial charge in [0.1, 0.15) is 0 Å². The molecular weight excluding hydrogens is 256 g/mol. The third kappa shape index (κ3) is 5.61. The van der Waals surface area contributed by atoms with Gasteiger partial charge in [-0.25, -0.2) is 0 Å². The number of methoxy groups -OCH3 is 1. The maximum Gasteiger partial charge on any atom is 0.0637 e. The second-order valence-electron chi connectivity index (χ2n) is 5.97. The van der Waals surface area contributed by atoms with Crippen LogP contribution in [0, 0.1) is 0 Å². The summed E-state index contributed by atoms with van der Waals surface area (Å²) in [6, 6.07) is 5.21. The topological polar surface area (TPSA) is 24.5 Å². The highest BCUT2D eigenvalue weighted by Crippen LogP contribution is 2.23. The van der Waals surface area contributed by atoms with Gasteiger partial charge >= 0.3 is 0 Å². The quantitative estimate of drug-likeness (QED) is 0.793. The highest BCUT2D eigenvalue weighted by atomic mass is 32.1. The van der Waals surface area contributed by atoms with Gasteiger partial charge in [-0.1, -0.05) is 6.07 Å². The van der Waals surface area contributed by atoms with Crippen LogP contribution in [0.3, 0.4) is 0 Å². The van der Waals surface area contributed by atoms with Crippen molar-refractivity contribution in [2.24, 2.45) is 0 Å². The molecule has 4 heteroatoms. The van der Waals surface area contributed by atoms with E-state index in [-0.39, 0.29) is 5.60 Å². The van der Waals surface area contributed by atoms with Crippen LogP contribution in [0.4, 0.5) is 0 Å². The molecule has 0 spiro atoms. The zero-order valence-electron chi connectivity index (χ0n) is 13.1. The van der Waals surface area contributed by atoms with E-state index >= 15 is 0 Å². The Balaban J connectivity index is 2.49. The smallest absolute Gasteiger partial charge is 0.0637 e. The fourth-order valence-corrected chi connectivity index (χ4v) is 3.15. The number of hydrogen-bond donors (Lipinski definition) is 1. The lowest BCUT2D eigenvalue weighted by molar-refractivity contribution is 0.00818. The largest absolute Gasteiger partial charge is 0.379 e. The Morgan fingerprint density at radius 2 is 2.11 bits per heavy atom. The van der Waals surface area contributed by atoms with Crippen molar-refractivity contribution in [1.82, 2.24) is 10.2 Å². The summed E-state index contributed by atoms with van der Waals surface area (Å²) in [6.07, 6.45) is 1.01. The van der Waals surface area contributed by atoms with Crippen LogP contribution in [0.1, 0.15) is 38.1 Å². The summed E-state index contributed by atoms with van der Waals surface area (Å²) in [5, 5.41) is 5.77. The third-order valence-corrected chi connectivity index (χ3v) is 4.48. The molecule has 0 bridgehead atoms. The Morgan fingerprint density at radius 3 is 2.58 bits per heavy atom. The first-order chi connectivity index (χ1) is 8.85. The molecule has 2 unspecified atom stereocenters. The molecule has 0 saturated heterocycles. The van der Waals surface area contributed by atoms with Gasteiger partial charge in [0.2, 0.25) is 0 Å². The van der Waals surface area contributed by atoms with Gasteiger partial charge in [0.15, 0.2) is 0 Å². The maximum absolute atomic E-state index is 5.49. The highest BCUT2D eigenvalue weighted by molar-refractivity contribution is 7.10. The summed E-state index contributed by atoms with van der Waals surface area (Å²) >= 11 is 1.82. The molecule has 1 aromatic rings. The molecule has 3 nitrogen and oxygen atoms in total. The van der Waals surface area contributed by atoms with Crippen LogP contribution in [0.25, 0.3) is 0 Å². The number of hydrogen-bond acceptors (Lipinski definition) is 4. The van der Waals surface area contributed by atoms with E-state index in [1.807, 2.05) is 11.3 Å². The SMILES string of the molecule is COC(C)(C)CC(C)NCC(c1cccs1)N(C)C. The predicted molar refractivity (Wildman–Crippen MR) is 83.9 cm³/mol. The fourth-order valence-electron chi connectivity index (χ4n) is 2.22. The molecule has 0 amide bonds. The van der Waals surface area contributed by atoms with Crippen LogP contribution < -0.4 is 5.32 Å². The Kier molecular flexibility index (Phi) is 6.47. The van der Waals surface area contributed by atoms with E-state index in [4.69, 9.17) is 4.74 Å². The summed E-state index contributed by atoms with van der Waals surface area (Å²) in [4.78, 5) is 3.68. The number of rotatable bonds is 8. The molecule has 0 fully saturated rings. The molecule has 0 radical (unpaired) electrons. The molecule has 0 aromatic carbocycles. The normalized spacial score (nSPS) is 15.7. The van der Waals surface area contributed by atoms with Crippen LogP contribution in [-0.2, 0) is 4.74 Å². The van der Waals surface area contributed by atoms with Gasteiger partial charge in [-0.05, 0) is 52.7 Å². The minimum absolute atomic E-state index is 0.0665. The molecule has 0 aliphatic heterocycles. The fraction of sp³-hybridized carbons (Fsp3) is 0.733. The minimum atomic E-state index is -0.0665. The predicted octanol–water partition coefficient (Wildman–Crippen LogP) is 3.14. The molecule has 0 saturated carbocycles. The molecule has 1 rings (SSSR count). The Labute approximate surface area is 122 Å². The second-order valence-corrected chi connectivity index (χ2v) is 6.95. The zero-order valence-corrected chi connectivity index (χ0v) is 13.9. The maximum atomic E-state index is 5.49. The molecular formula is C15H28N2OS. The van der Waals surface area contributed by atoms with Crippen molar-refractivity contribution < 1.29 is 4.74 Å². The standard InChI is InChI=1S/C15H28N2OS/c1-12(10-15(2,3)18-6)16-11-13(17(4)5)14-8-7-9-19-14/h7-9,12-13,16H,10-11H2,1-6H3. The third-order valence-electron chi connectivity index (χ3n) is 3.50. The van der Waals surface area contributed by atoms with Gasteiger partial charge in [0.25, 0.3) is 0 Å². The van der Waals surface area contributed by atoms with Crippen LogP contribution in [0.2, 0.25) is 0 Å². The molecule has 19 heavy (non-hydrogen) atoms. The summed E-state index contributed by atoms with van der Waals surface area (Å²) < 4.78 is 5.49. The number of thiophene rings is 1. The Bertz CT molecular complexity index is 349. The summed E-state index contributed by atoms with van der Waals surface area (Å²) in [7, 11) is 6.05. The summed E-state index contributed by atoms with van der Waals surface area (Å²) in [6.45, 7) is 7.46. The Morgan fingerprint density at radius 1 is 1.42 bits per heavy atom. The van der Waals surface area contributed by atoms with Crippen molar-refractivity contribution in [2.45, 2.75) is 44.9 Å². The molecule has 0 aliphatic rings. The lowest BCUT2D eigenvalue weighted by atomic mass is 9.99. The molecule has 1 N–H and O–H groups in total. The number of nitrogens with one attached hydrogen (secondary N) is 1. The van der Waals surface area contributed by atoms with Gasteiger partial charge in [-0.3, -0.25) is 0 Å². The van der Waals surface area contributed by atoms with E-state index in [0.717, 1.165) is 13.0 Å². The lowest BCUT2D eigenvalue weighted by Crippen LogP contribution is -2.39. The van der Waals surface area contributed by atoms with E-state index in [2.05, 4.69) is 62.6 Å². The molecule has 1 heterocycles. The molecule has 2 atom stereocenters. The first-order valence-electron chi connectivity index (χ1n) is 6.84. The zero-order chi connectivity index (χ0) is 14.5. The second kappa shape index (κ2) is 7.39. The van der Waals surface area contributed by atoms with Gasteiger partial charge in [0.05, 0.1) is 11.6 Å². The van der Waals surface area contributed by atoms with Crippen molar-refractivity contribution in [3.8, 4) is 0 Å². The van der Waals surface area contributed by atoms with Gasteiger partial charge < -0.3 is 15.0 Å². The monoisotopic (exact) mass is 284 g/mol. The molecule has 1 aromatic heterocycles. The first kappa shape index (κ1) is 16.6. The van der Waals surface area contributed by atoms with Crippen LogP contribution in [0.15, 0.2) is 17.5 Å². The number of ether oxygens (including phenoxy) is 1. The molecule has 110 valence electrons. The number of likely N-dealkylation sites (N-methyl/N-ethyl adjacent to an activating group) is 1. The van der Waals surface area contributed by atoms with Crippen molar-refractivity contribution in [2.75, 3.05) is 27.7 Å². The summed E-state index contributed by atoms with van der Waals surface area (Å²) in [5.74, 6) is 0. The average molecular weight is 284 g/mol. The Hall–Kier alpha value is -0.420. The van der Waals surface area contributed by atoms with Crippen molar-refractivity contribution >= 4 is 11.3 Å². The van der Waals surface area contributed by atoms with E-state index in [9.17, 15) is 0 Å². The van der Waals surface area contributed by atoms with E-state index in [0.29, 0.717) is 12.1 Å². The van der Waals surface area contributed by atoms with Crippen LogP contribution in [-0.4, -0.2) is 44.3 Å². The molecule has 0 aliphatic carbocycles. The van der Waals surface area contributed by atoms with Gasteiger partial charge in [-0.15, -0.1) is 11.3 Å². The van der Waals surface area contributed by atoms with Gasteiger partial charge in [0, 0.05) is 24.6 Å². The van der Waals surface area contributed by atoms with Crippen molar-refractivity contribution in [3.63, 3.8) is 0 Å². The van der Waals surface area contributed by atoms with Crippen molar-refractivity contribution in [1.29, 1.82) is 0 Å². The van der Waals surface area contributed by atoms with Gasteiger partial charge in [-0.2, -0.15) is 0 Å². The van der Waals surface area contributed by atoms with Crippen LogP contribution >= 0.6 is 11.3 Å². The highest BCUT2D eigenvalue weighted by Gasteiger charge is 2.21. The minimum Gasteiger partial charge on any atom is -0.379 e. The number of nitrogens with zero attached hydrogens (tertiary/aromatic N) is 1. The average Bonchev–Trinajstić information content (AvgIpc) is 2.82. The van der Waals surface area contributed by atoms with Crippen molar-refractivity contribution in [3.05, 3.63) is 22.4 Å². The van der Waals surface area contributed by atoms with E-state index < -0.39 is 0 Å². The first-order valence-corrected chi connectivity index (χ1v) is 7.72.